The Balaban J connectivity index is 1.92. The molecule has 1 aliphatic rings. The minimum absolute atomic E-state index is 0.0509. The molecule has 1 fully saturated rings. The van der Waals surface area contributed by atoms with Crippen LogP contribution in [0.3, 0.4) is 0 Å². The summed E-state index contributed by atoms with van der Waals surface area (Å²) in [5, 5.41) is 12.7. The molecule has 1 aromatic rings. The van der Waals surface area contributed by atoms with Gasteiger partial charge in [-0.05, 0) is 65.5 Å². The molecule has 0 heterocycles. The zero-order valence-corrected chi connectivity index (χ0v) is 13.3. The van der Waals surface area contributed by atoms with Gasteiger partial charge in [-0.3, -0.25) is 4.79 Å². The second-order valence-corrected chi connectivity index (χ2v) is 6.75. The minimum atomic E-state index is -0.172. The maximum Gasteiger partial charge on any atom is 0.255 e. The highest BCUT2D eigenvalue weighted by molar-refractivity contribution is 14.1. The van der Waals surface area contributed by atoms with Crippen molar-refractivity contribution >= 4 is 28.5 Å². The van der Waals surface area contributed by atoms with E-state index < -0.39 is 0 Å². The maximum atomic E-state index is 12.1. The summed E-state index contributed by atoms with van der Waals surface area (Å²) in [5.74, 6) is 1.23. The summed E-state index contributed by atoms with van der Waals surface area (Å²) in [7, 11) is 0. The van der Waals surface area contributed by atoms with Crippen LogP contribution >= 0.6 is 22.6 Å². The third-order valence-electron chi connectivity index (χ3n) is 3.80. The number of carbonyl (C=O) groups excluding carboxylic acids is 1. The molecule has 1 saturated carbocycles. The minimum Gasteiger partial charge on any atom is -0.507 e. The highest BCUT2D eigenvalue weighted by atomic mass is 127. The lowest BCUT2D eigenvalue weighted by Gasteiger charge is -2.26. The molecule has 1 amide bonds. The van der Waals surface area contributed by atoms with E-state index in [0.29, 0.717) is 18.0 Å². The van der Waals surface area contributed by atoms with Gasteiger partial charge < -0.3 is 10.4 Å². The van der Waals surface area contributed by atoms with Gasteiger partial charge in [-0.15, -0.1) is 0 Å². The molecule has 0 saturated heterocycles. The summed E-state index contributed by atoms with van der Waals surface area (Å²) in [5.41, 5.74) is 0.371. The van der Waals surface area contributed by atoms with Crippen LogP contribution < -0.4 is 5.32 Å². The van der Waals surface area contributed by atoms with Crippen LogP contribution in [-0.4, -0.2) is 17.6 Å². The molecule has 1 aliphatic carbocycles. The summed E-state index contributed by atoms with van der Waals surface area (Å²) in [6, 6.07) is 5.07. The van der Waals surface area contributed by atoms with Crippen molar-refractivity contribution in [2.24, 2.45) is 11.8 Å². The van der Waals surface area contributed by atoms with Crippen molar-refractivity contribution < 1.29 is 9.90 Å². The Morgan fingerprint density at radius 1 is 1.47 bits per heavy atom. The van der Waals surface area contributed by atoms with Crippen LogP contribution in [0.1, 0.15) is 43.0 Å². The summed E-state index contributed by atoms with van der Waals surface area (Å²) in [6.45, 7) is 2.99. The lowest BCUT2D eigenvalue weighted by atomic mass is 9.82. The lowest BCUT2D eigenvalue weighted by molar-refractivity contribution is 0.0938. The normalized spacial score (nSPS) is 23.1. The molecule has 19 heavy (non-hydrogen) atoms. The molecule has 104 valence electrons. The second kappa shape index (κ2) is 6.59. The summed E-state index contributed by atoms with van der Waals surface area (Å²) < 4.78 is 0.951. The molecule has 2 atom stereocenters. The molecule has 4 heteroatoms. The van der Waals surface area contributed by atoms with E-state index in [1.165, 1.54) is 25.7 Å². The van der Waals surface area contributed by atoms with Gasteiger partial charge in [-0.2, -0.15) is 0 Å². The van der Waals surface area contributed by atoms with Crippen molar-refractivity contribution in [1.82, 2.24) is 5.32 Å². The largest absolute Gasteiger partial charge is 0.507 e. The first-order valence-electron chi connectivity index (χ1n) is 6.83. The van der Waals surface area contributed by atoms with Crippen LogP contribution in [0.25, 0.3) is 0 Å². The predicted octanol–water partition coefficient (Wildman–Crippen LogP) is 3.55. The number of rotatable bonds is 3. The Hall–Kier alpha value is -0.780. The van der Waals surface area contributed by atoms with E-state index >= 15 is 0 Å². The average Bonchev–Trinajstić information content (AvgIpc) is 2.39. The van der Waals surface area contributed by atoms with E-state index in [-0.39, 0.29) is 11.7 Å². The molecular weight excluding hydrogens is 353 g/mol. The maximum absolute atomic E-state index is 12.1. The van der Waals surface area contributed by atoms with Crippen LogP contribution in [-0.2, 0) is 0 Å². The van der Waals surface area contributed by atoms with E-state index in [2.05, 4.69) is 34.8 Å². The number of nitrogens with one attached hydrogen (secondary N) is 1. The quantitative estimate of drug-likeness (QED) is 0.797. The van der Waals surface area contributed by atoms with Crippen LogP contribution in [0.4, 0.5) is 0 Å². The third kappa shape index (κ3) is 4.09. The SMILES string of the molecule is CC1CCCC(CNC(=O)c2cc(I)ccc2O)C1. The number of halogens is 1. The Morgan fingerprint density at radius 2 is 2.26 bits per heavy atom. The van der Waals surface area contributed by atoms with Crippen LogP contribution in [0.15, 0.2) is 18.2 Å². The Kier molecular flexibility index (Phi) is 5.07. The van der Waals surface area contributed by atoms with Gasteiger partial charge in [0.25, 0.3) is 5.91 Å². The topological polar surface area (TPSA) is 49.3 Å². The Bertz CT molecular complexity index is 461. The lowest BCUT2D eigenvalue weighted by Crippen LogP contribution is -2.31. The molecular formula is C15H20INO2. The van der Waals surface area contributed by atoms with Crippen molar-refractivity contribution in [1.29, 1.82) is 0 Å². The number of phenolic OH excluding ortho intramolecular Hbond substituents is 1. The third-order valence-corrected chi connectivity index (χ3v) is 4.47. The number of benzene rings is 1. The fourth-order valence-corrected chi connectivity index (χ4v) is 3.26. The molecule has 2 N–H and O–H groups in total. The van der Waals surface area contributed by atoms with Gasteiger partial charge >= 0.3 is 0 Å². The summed E-state index contributed by atoms with van der Waals surface area (Å²) in [4.78, 5) is 12.1. The number of hydrogen-bond donors (Lipinski definition) is 2. The Labute approximate surface area is 127 Å². The van der Waals surface area contributed by atoms with Crippen molar-refractivity contribution in [3.05, 3.63) is 27.3 Å². The first-order valence-corrected chi connectivity index (χ1v) is 7.91. The highest BCUT2D eigenvalue weighted by Gasteiger charge is 2.20. The van der Waals surface area contributed by atoms with Gasteiger partial charge in [0.2, 0.25) is 0 Å². The van der Waals surface area contributed by atoms with Crippen molar-refractivity contribution in [3.63, 3.8) is 0 Å². The fraction of sp³-hybridized carbons (Fsp3) is 0.533. The van der Waals surface area contributed by atoms with Crippen LogP contribution in [0.5, 0.6) is 5.75 Å². The standard InChI is InChI=1S/C15H20INO2/c1-10-3-2-4-11(7-10)9-17-15(19)13-8-12(16)5-6-14(13)18/h5-6,8,10-11,18H,2-4,7,9H2,1H3,(H,17,19). The predicted molar refractivity (Wildman–Crippen MR) is 84.3 cm³/mol. The van der Waals surface area contributed by atoms with Crippen LogP contribution in [0.2, 0.25) is 0 Å². The van der Waals surface area contributed by atoms with Gasteiger partial charge in [-0.25, -0.2) is 0 Å². The van der Waals surface area contributed by atoms with Crippen molar-refractivity contribution in [2.45, 2.75) is 32.6 Å². The number of amides is 1. The molecule has 0 radical (unpaired) electrons. The zero-order valence-electron chi connectivity index (χ0n) is 11.2. The Morgan fingerprint density at radius 3 is 3.00 bits per heavy atom. The first-order chi connectivity index (χ1) is 9.06. The number of aromatic hydroxyl groups is 1. The van der Waals surface area contributed by atoms with Gasteiger partial charge in [0.05, 0.1) is 5.56 Å². The zero-order chi connectivity index (χ0) is 13.8. The molecule has 2 rings (SSSR count). The molecule has 3 nitrogen and oxygen atoms in total. The van der Waals surface area contributed by atoms with E-state index in [4.69, 9.17) is 0 Å². The number of phenols is 1. The first kappa shape index (κ1) is 14.6. The molecule has 2 unspecified atom stereocenters. The number of carbonyl (C=O) groups is 1. The fourth-order valence-electron chi connectivity index (χ4n) is 2.77. The van der Waals surface area contributed by atoms with Crippen molar-refractivity contribution in [3.8, 4) is 5.75 Å². The molecule has 1 aromatic carbocycles. The van der Waals surface area contributed by atoms with Gasteiger partial charge in [0.1, 0.15) is 5.75 Å². The van der Waals surface area contributed by atoms with Gasteiger partial charge in [0.15, 0.2) is 0 Å². The molecule has 0 spiro atoms. The molecule has 0 aliphatic heterocycles. The van der Waals surface area contributed by atoms with Crippen molar-refractivity contribution in [2.75, 3.05) is 6.54 Å². The highest BCUT2D eigenvalue weighted by Crippen LogP contribution is 2.28. The van der Waals surface area contributed by atoms with Gasteiger partial charge in [-0.1, -0.05) is 19.8 Å². The number of hydrogen-bond acceptors (Lipinski definition) is 2. The van der Waals surface area contributed by atoms with E-state index in [1.807, 2.05) is 0 Å². The monoisotopic (exact) mass is 373 g/mol. The van der Waals surface area contributed by atoms with E-state index in [9.17, 15) is 9.90 Å². The van der Waals surface area contributed by atoms with Crippen LogP contribution in [0, 0.1) is 15.4 Å². The summed E-state index contributed by atoms with van der Waals surface area (Å²) in [6.07, 6.45) is 4.96. The summed E-state index contributed by atoms with van der Waals surface area (Å²) >= 11 is 2.14. The van der Waals surface area contributed by atoms with E-state index in [1.54, 1.807) is 18.2 Å². The average molecular weight is 373 g/mol. The second-order valence-electron chi connectivity index (χ2n) is 5.51. The molecule has 0 aromatic heterocycles. The van der Waals surface area contributed by atoms with Gasteiger partial charge in [0, 0.05) is 10.1 Å². The van der Waals surface area contributed by atoms with E-state index in [0.717, 1.165) is 9.49 Å². The molecule has 0 bridgehead atoms. The smallest absolute Gasteiger partial charge is 0.255 e.